The lowest BCUT2D eigenvalue weighted by atomic mass is 10.0. The van der Waals surface area contributed by atoms with E-state index in [2.05, 4.69) is 39.0 Å². The number of rotatable bonds is 28. The lowest BCUT2D eigenvalue weighted by Crippen LogP contribution is -2.28. The summed E-state index contributed by atoms with van der Waals surface area (Å²) >= 11 is 0. The summed E-state index contributed by atoms with van der Waals surface area (Å²) in [5.74, 6) is -0.0393. The van der Waals surface area contributed by atoms with E-state index in [0.717, 1.165) is 38.0 Å². The topological polar surface area (TPSA) is 93.1 Å². The molecule has 6 nitrogen and oxygen atoms in total. The third-order valence-electron chi connectivity index (χ3n) is 6.97. The molecule has 0 aromatic carbocycles. The Labute approximate surface area is 251 Å². The van der Waals surface area contributed by atoms with Gasteiger partial charge in [-0.1, -0.05) is 128 Å². The Morgan fingerprint density at radius 2 is 1.39 bits per heavy atom. The predicted molar refractivity (Wildman–Crippen MR) is 170 cm³/mol. The number of ether oxygens (including phenoxy) is 2. The zero-order chi connectivity index (χ0) is 30.4. The highest BCUT2D eigenvalue weighted by atomic mass is 16.6. The molecular formula is C35H62O6. The Morgan fingerprint density at radius 3 is 2.10 bits per heavy atom. The van der Waals surface area contributed by atoms with Crippen molar-refractivity contribution in [1.29, 1.82) is 0 Å². The predicted octanol–water partition coefficient (Wildman–Crippen LogP) is 8.55. The summed E-state index contributed by atoms with van der Waals surface area (Å²) in [7, 11) is 0. The Kier molecular flexibility index (Phi) is 28.2. The molecule has 238 valence electrons. The highest BCUT2D eigenvalue weighted by Crippen LogP contribution is 2.13. The molecule has 0 heterocycles. The van der Waals surface area contributed by atoms with Gasteiger partial charge in [0, 0.05) is 12.8 Å². The van der Waals surface area contributed by atoms with Gasteiger partial charge in [-0.25, -0.2) is 0 Å². The largest absolute Gasteiger partial charge is 0.462 e. The summed E-state index contributed by atoms with van der Waals surface area (Å²) in [6, 6.07) is 0. The maximum absolute atomic E-state index is 12.0. The SMILES string of the molecule is CCCCCCCC/C=C/C/C=C/C=C/C(O)CCCC(=O)OC[C@H](CO)OC(=O)CCCCCCCCC(C)C. The van der Waals surface area contributed by atoms with Crippen molar-refractivity contribution in [3.8, 4) is 0 Å². The van der Waals surface area contributed by atoms with E-state index in [1.807, 2.05) is 12.2 Å². The monoisotopic (exact) mass is 578 g/mol. The highest BCUT2D eigenvalue weighted by Gasteiger charge is 2.16. The fourth-order valence-corrected chi connectivity index (χ4v) is 4.39. The minimum absolute atomic E-state index is 0.155. The van der Waals surface area contributed by atoms with E-state index in [1.165, 1.54) is 64.2 Å². The van der Waals surface area contributed by atoms with E-state index < -0.39 is 18.2 Å². The molecule has 2 N–H and O–H groups in total. The second-order valence-electron chi connectivity index (χ2n) is 11.6. The van der Waals surface area contributed by atoms with Crippen molar-refractivity contribution in [2.45, 2.75) is 155 Å². The van der Waals surface area contributed by atoms with Gasteiger partial charge < -0.3 is 19.7 Å². The second-order valence-corrected chi connectivity index (χ2v) is 11.6. The van der Waals surface area contributed by atoms with Gasteiger partial charge in [-0.05, 0) is 44.4 Å². The molecule has 0 radical (unpaired) electrons. The molecule has 0 fully saturated rings. The van der Waals surface area contributed by atoms with Crippen LogP contribution in [0.2, 0.25) is 0 Å². The summed E-state index contributed by atoms with van der Waals surface area (Å²) in [5, 5.41) is 19.5. The average Bonchev–Trinajstić information content (AvgIpc) is 2.94. The minimum Gasteiger partial charge on any atom is -0.462 e. The molecule has 2 atom stereocenters. The lowest BCUT2D eigenvalue weighted by Gasteiger charge is -2.16. The number of aliphatic hydroxyl groups excluding tert-OH is 2. The van der Waals surface area contributed by atoms with Crippen molar-refractivity contribution in [3.05, 3.63) is 36.5 Å². The molecule has 0 saturated carbocycles. The Balaban J connectivity index is 3.83. The molecule has 0 aromatic rings. The van der Waals surface area contributed by atoms with Crippen LogP contribution in [0.25, 0.3) is 0 Å². The number of allylic oxidation sites excluding steroid dienone is 5. The first-order valence-corrected chi connectivity index (χ1v) is 16.5. The van der Waals surface area contributed by atoms with Gasteiger partial charge in [-0.3, -0.25) is 9.59 Å². The number of carbonyl (C=O) groups is 2. The van der Waals surface area contributed by atoms with Crippen molar-refractivity contribution >= 4 is 11.9 Å². The molecule has 0 aromatic heterocycles. The van der Waals surface area contributed by atoms with E-state index in [9.17, 15) is 19.8 Å². The van der Waals surface area contributed by atoms with Gasteiger partial charge in [0.05, 0.1) is 12.7 Å². The summed E-state index contributed by atoms with van der Waals surface area (Å²) in [6.07, 6.45) is 29.7. The first-order valence-electron chi connectivity index (χ1n) is 16.5. The number of unbranched alkanes of at least 4 members (excludes halogenated alkanes) is 11. The molecule has 0 saturated heterocycles. The van der Waals surface area contributed by atoms with Crippen LogP contribution < -0.4 is 0 Å². The van der Waals surface area contributed by atoms with Crippen LogP contribution in [0.15, 0.2) is 36.5 Å². The molecule has 0 aliphatic heterocycles. The molecule has 41 heavy (non-hydrogen) atoms. The van der Waals surface area contributed by atoms with Gasteiger partial charge in [0.2, 0.25) is 0 Å². The van der Waals surface area contributed by atoms with Crippen molar-refractivity contribution in [1.82, 2.24) is 0 Å². The molecule has 0 aliphatic rings. The van der Waals surface area contributed by atoms with Crippen LogP contribution >= 0.6 is 0 Å². The van der Waals surface area contributed by atoms with E-state index in [4.69, 9.17) is 9.47 Å². The Bertz CT molecular complexity index is 697. The van der Waals surface area contributed by atoms with Crippen LogP contribution in [-0.2, 0) is 19.1 Å². The number of aliphatic hydroxyl groups is 2. The van der Waals surface area contributed by atoms with E-state index in [0.29, 0.717) is 19.3 Å². The molecule has 0 aliphatic carbocycles. The van der Waals surface area contributed by atoms with Gasteiger partial charge >= 0.3 is 11.9 Å². The molecule has 6 heteroatoms. The molecule has 0 amide bonds. The highest BCUT2D eigenvalue weighted by molar-refractivity contribution is 5.70. The van der Waals surface area contributed by atoms with E-state index in [1.54, 1.807) is 6.08 Å². The first kappa shape index (κ1) is 39.1. The number of hydrogen-bond acceptors (Lipinski definition) is 6. The van der Waals surface area contributed by atoms with Crippen LogP contribution in [0.5, 0.6) is 0 Å². The van der Waals surface area contributed by atoms with Crippen molar-refractivity contribution in [3.63, 3.8) is 0 Å². The standard InChI is InChI=1S/C35H62O6/c1-4-5-6-7-8-9-10-11-12-13-14-18-21-25-32(37)26-23-28-34(38)40-30-33(29-36)41-35(39)27-22-19-16-15-17-20-24-31(2)3/h11-12,14,18,21,25,31-33,36-37H,4-10,13,15-17,19-20,22-24,26-30H2,1-3H3/b12-11+,18-14+,25-21+/t32?,33-/m0/s1. The van der Waals surface area contributed by atoms with Crippen LogP contribution in [0.4, 0.5) is 0 Å². The van der Waals surface area contributed by atoms with Crippen LogP contribution in [0.1, 0.15) is 143 Å². The van der Waals surface area contributed by atoms with Gasteiger partial charge in [0.25, 0.3) is 0 Å². The summed E-state index contributed by atoms with van der Waals surface area (Å²) < 4.78 is 10.4. The molecular weight excluding hydrogens is 516 g/mol. The third-order valence-corrected chi connectivity index (χ3v) is 6.97. The quantitative estimate of drug-likeness (QED) is 0.0418. The Morgan fingerprint density at radius 1 is 0.732 bits per heavy atom. The maximum Gasteiger partial charge on any atom is 0.306 e. The van der Waals surface area contributed by atoms with Crippen LogP contribution in [0, 0.1) is 5.92 Å². The zero-order valence-corrected chi connectivity index (χ0v) is 26.6. The van der Waals surface area contributed by atoms with E-state index in [-0.39, 0.29) is 25.6 Å². The van der Waals surface area contributed by atoms with E-state index >= 15 is 0 Å². The number of esters is 2. The first-order chi connectivity index (χ1) is 19.9. The summed E-state index contributed by atoms with van der Waals surface area (Å²) in [6.45, 7) is 6.19. The lowest BCUT2D eigenvalue weighted by molar-refractivity contribution is -0.161. The van der Waals surface area contributed by atoms with Gasteiger partial charge in [0.15, 0.2) is 6.10 Å². The molecule has 0 rings (SSSR count). The Hall–Kier alpha value is -1.92. The zero-order valence-electron chi connectivity index (χ0n) is 26.6. The average molecular weight is 579 g/mol. The summed E-state index contributed by atoms with van der Waals surface area (Å²) in [4.78, 5) is 24.0. The van der Waals surface area contributed by atoms with Gasteiger partial charge in [-0.2, -0.15) is 0 Å². The van der Waals surface area contributed by atoms with Crippen LogP contribution in [-0.4, -0.2) is 47.6 Å². The van der Waals surface area contributed by atoms with Crippen molar-refractivity contribution in [2.75, 3.05) is 13.2 Å². The maximum atomic E-state index is 12.0. The minimum atomic E-state index is -0.840. The van der Waals surface area contributed by atoms with Crippen molar-refractivity contribution in [2.24, 2.45) is 5.92 Å². The molecule has 1 unspecified atom stereocenters. The van der Waals surface area contributed by atoms with Gasteiger partial charge in [0.1, 0.15) is 6.61 Å². The second kappa shape index (κ2) is 29.6. The normalized spacial score (nSPS) is 13.5. The summed E-state index contributed by atoms with van der Waals surface area (Å²) in [5.41, 5.74) is 0. The van der Waals surface area contributed by atoms with Crippen molar-refractivity contribution < 1.29 is 29.3 Å². The number of carbonyl (C=O) groups excluding carboxylic acids is 2. The number of hydrogen-bond donors (Lipinski definition) is 2. The molecule has 0 spiro atoms. The van der Waals surface area contributed by atoms with Gasteiger partial charge in [-0.15, -0.1) is 0 Å². The molecule has 0 bridgehead atoms. The smallest absolute Gasteiger partial charge is 0.306 e. The van der Waals surface area contributed by atoms with Crippen LogP contribution in [0.3, 0.4) is 0 Å². The fraction of sp³-hybridized carbons (Fsp3) is 0.771. The fourth-order valence-electron chi connectivity index (χ4n) is 4.39. The third kappa shape index (κ3) is 29.4.